The molecule has 0 unspecified atom stereocenters. The minimum Gasteiger partial charge on any atom is -0.298 e. The molecule has 1 N–H and O–H groups in total. The molecule has 3 aromatic rings. The Labute approximate surface area is 164 Å². The van der Waals surface area contributed by atoms with E-state index in [9.17, 15) is 18.0 Å². The molecule has 8 heteroatoms. The van der Waals surface area contributed by atoms with E-state index < -0.39 is 17.0 Å². The summed E-state index contributed by atoms with van der Waals surface area (Å²) in [5.74, 6) is -0.518. The van der Waals surface area contributed by atoms with Crippen molar-refractivity contribution in [1.82, 2.24) is 9.97 Å². The van der Waals surface area contributed by atoms with Crippen LogP contribution in [0.25, 0.3) is 11.4 Å². The van der Waals surface area contributed by atoms with Crippen LogP contribution in [-0.4, -0.2) is 15.9 Å². The molecule has 0 saturated carbocycles. The number of rotatable bonds is 3. The fraction of sp³-hybridized carbons (Fsp3) is 0.250. The Morgan fingerprint density at radius 1 is 1.04 bits per heavy atom. The van der Waals surface area contributed by atoms with Crippen molar-refractivity contribution in [2.75, 3.05) is 5.32 Å². The fourth-order valence-electron chi connectivity index (χ4n) is 2.53. The van der Waals surface area contributed by atoms with E-state index in [4.69, 9.17) is 0 Å². The predicted molar refractivity (Wildman–Crippen MR) is 103 cm³/mol. The molecule has 0 atom stereocenters. The zero-order chi connectivity index (χ0) is 20.5. The van der Waals surface area contributed by atoms with Crippen LogP contribution in [-0.2, 0) is 11.6 Å². The Morgan fingerprint density at radius 3 is 2.25 bits per heavy atom. The predicted octanol–water partition coefficient (Wildman–Crippen LogP) is 5.77. The molecule has 0 saturated heterocycles. The van der Waals surface area contributed by atoms with E-state index in [1.807, 2.05) is 12.1 Å². The van der Waals surface area contributed by atoms with E-state index in [-0.39, 0.29) is 21.9 Å². The van der Waals surface area contributed by atoms with Gasteiger partial charge in [-0.05, 0) is 35.2 Å². The number of aromatic nitrogens is 2. The molecular formula is C20H18F3N3OS. The minimum atomic E-state index is -4.60. The molecule has 1 amide bonds. The third-order valence-electron chi connectivity index (χ3n) is 4.03. The number of alkyl halides is 3. The fourth-order valence-corrected chi connectivity index (χ4v) is 3.37. The first-order valence-electron chi connectivity index (χ1n) is 8.47. The number of benzene rings is 1. The van der Waals surface area contributed by atoms with Gasteiger partial charge < -0.3 is 0 Å². The lowest BCUT2D eigenvalue weighted by atomic mass is 9.87. The van der Waals surface area contributed by atoms with Crippen molar-refractivity contribution in [2.24, 2.45) is 0 Å². The zero-order valence-electron chi connectivity index (χ0n) is 15.5. The summed E-state index contributed by atoms with van der Waals surface area (Å²) in [6.07, 6.45) is -3.20. The zero-order valence-corrected chi connectivity index (χ0v) is 16.3. The topological polar surface area (TPSA) is 54.9 Å². The number of amides is 1. The van der Waals surface area contributed by atoms with Gasteiger partial charge in [0, 0.05) is 11.8 Å². The molecule has 0 aliphatic rings. The summed E-state index contributed by atoms with van der Waals surface area (Å²) in [5, 5.41) is 2.33. The lowest BCUT2D eigenvalue weighted by Crippen LogP contribution is -2.14. The van der Waals surface area contributed by atoms with Crippen molar-refractivity contribution < 1.29 is 18.0 Å². The quantitative estimate of drug-likeness (QED) is 0.601. The van der Waals surface area contributed by atoms with Crippen LogP contribution in [0.1, 0.15) is 41.6 Å². The number of thiazole rings is 1. The van der Waals surface area contributed by atoms with Crippen LogP contribution >= 0.6 is 11.3 Å². The van der Waals surface area contributed by atoms with Crippen molar-refractivity contribution in [3.8, 4) is 11.4 Å². The van der Waals surface area contributed by atoms with Crippen molar-refractivity contribution in [2.45, 2.75) is 32.4 Å². The van der Waals surface area contributed by atoms with E-state index in [0.717, 1.165) is 5.56 Å². The van der Waals surface area contributed by atoms with Crippen LogP contribution in [0.3, 0.4) is 0 Å². The third kappa shape index (κ3) is 4.39. The summed E-state index contributed by atoms with van der Waals surface area (Å²) in [7, 11) is 0. The molecule has 0 radical (unpaired) electrons. The number of hydrogen-bond donors (Lipinski definition) is 1. The van der Waals surface area contributed by atoms with Crippen molar-refractivity contribution in [1.29, 1.82) is 0 Å². The molecule has 2 aromatic heterocycles. The highest BCUT2D eigenvalue weighted by Gasteiger charge is 2.38. The lowest BCUT2D eigenvalue weighted by Gasteiger charge is -2.18. The summed E-state index contributed by atoms with van der Waals surface area (Å²) in [6.45, 7) is 6.15. The highest BCUT2D eigenvalue weighted by atomic mass is 32.1. The molecule has 1 aromatic carbocycles. The van der Waals surface area contributed by atoms with Gasteiger partial charge in [0.05, 0.1) is 5.69 Å². The standard InChI is InChI=1S/C20H18F3N3OS/c1-19(2,3)13-9-7-12(8-10-13)17(27)26-18-25-15(14-6-4-5-11-24-14)16(28-18)20(21,22)23/h4-11H,1-3H3,(H,25,26,27). The second kappa shape index (κ2) is 7.35. The van der Waals surface area contributed by atoms with E-state index in [1.54, 1.807) is 24.3 Å². The number of halogens is 3. The van der Waals surface area contributed by atoms with Gasteiger partial charge in [0.15, 0.2) is 5.13 Å². The van der Waals surface area contributed by atoms with Crippen LogP contribution in [0.2, 0.25) is 0 Å². The van der Waals surface area contributed by atoms with Crippen LogP contribution in [0, 0.1) is 0 Å². The Bertz CT molecular complexity index is 975. The Kier molecular flexibility index (Phi) is 5.25. The number of hydrogen-bond acceptors (Lipinski definition) is 4. The second-order valence-corrected chi connectivity index (χ2v) is 8.19. The average Bonchev–Trinajstić information content (AvgIpc) is 3.06. The smallest absolute Gasteiger partial charge is 0.298 e. The van der Waals surface area contributed by atoms with Crippen molar-refractivity contribution in [3.05, 3.63) is 64.7 Å². The average molecular weight is 405 g/mol. The maximum Gasteiger partial charge on any atom is 0.427 e. The van der Waals surface area contributed by atoms with Gasteiger partial charge >= 0.3 is 6.18 Å². The number of carbonyl (C=O) groups is 1. The van der Waals surface area contributed by atoms with Gasteiger partial charge in [-0.25, -0.2) is 4.98 Å². The van der Waals surface area contributed by atoms with Crippen LogP contribution in [0.5, 0.6) is 0 Å². The molecule has 28 heavy (non-hydrogen) atoms. The molecule has 0 aliphatic heterocycles. The maximum atomic E-state index is 13.4. The van der Waals surface area contributed by atoms with E-state index in [0.29, 0.717) is 16.9 Å². The Hall–Kier alpha value is -2.74. The van der Waals surface area contributed by atoms with Gasteiger partial charge in [0.2, 0.25) is 0 Å². The normalized spacial score (nSPS) is 12.1. The molecule has 3 rings (SSSR count). The molecule has 0 fully saturated rings. The largest absolute Gasteiger partial charge is 0.427 e. The molecule has 0 bridgehead atoms. The van der Waals surface area contributed by atoms with E-state index in [2.05, 4.69) is 36.1 Å². The first-order chi connectivity index (χ1) is 13.1. The van der Waals surface area contributed by atoms with Crippen molar-refractivity contribution >= 4 is 22.4 Å². The van der Waals surface area contributed by atoms with Gasteiger partial charge in [-0.15, -0.1) is 0 Å². The summed E-state index contributed by atoms with van der Waals surface area (Å²) in [5.41, 5.74) is 1.13. The summed E-state index contributed by atoms with van der Waals surface area (Å²) in [4.78, 5) is 19.5. The summed E-state index contributed by atoms with van der Waals surface area (Å²) < 4.78 is 40.2. The SMILES string of the molecule is CC(C)(C)c1ccc(C(=O)Nc2nc(-c3ccccn3)c(C(F)(F)F)s2)cc1. The summed E-state index contributed by atoms with van der Waals surface area (Å²) in [6, 6.07) is 11.6. The molecule has 4 nitrogen and oxygen atoms in total. The minimum absolute atomic E-state index is 0.0660. The lowest BCUT2D eigenvalue weighted by molar-refractivity contribution is -0.134. The molecular weight excluding hydrogens is 387 g/mol. The van der Waals surface area contributed by atoms with Gasteiger partial charge in [-0.1, -0.05) is 50.3 Å². The summed E-state index contributed by atoms with van der Waals surface area (Å²) >= 11 is 0.384. The van der Waals surface area contributed by atoms with Gasteiger partial charge in [0.1, 0.15) is 10.6 Å². The van der Waals surface area contributed by atoms with Gasteiger partial charge in [-0.2, -0.15) is 13.2 Å². The Balaban J connectivity index is 1.88. The molecule has 0 aliphatic carbocycles. The van der Waals surface area contributed by atoms with Gasteiger partial charge in [-0.3, -0.25) is 15.1 Å². The number of nitrogens with zero attached hydrogens (tertiary/aromatic N) is 2. The third-order valence-corrected chi connectivity index (χ3v) is 5.04. The first-order valence-corrected chi connectivity index (χ1v) is 9.28. The number of carbonyl (C=O) groups excluding carboxylic acids is 1. The highest BCUT2D eigenvalue weighted by Crippen LogP contribution is 2.42. The highest BCUT2D eigenvalue weighted by molar-refractivity contribution is 7.16. The van der Waals surface area contributed by atoms with Crippen molar-refractivity contribution in [3.63, 3.8) is 0 Å². The maximum absolute atomic E-state index is 13.4. The second-order valence-electron chi connectivity index (χ2n) is 7.19. The first kappa shape index (κ1) is 20.0. The van der Waals surface area contributed by atoms with Crippen LogP contribution < -0.4 is 5.32 Å². The number of anilines is 1. The molecule has 0 spiro atoms. The van der Waals surface area contributed by atoms with E-state index >= 15 is 0 Å². The van der Waals surface area contributed by atoms with Crippen LogP contribution in [0.4, 0.5) is 18.3 Å². The Morgan fingerprint density at radius 2 is 1.71 bits per heavy atom. The van der Waals surface area contributed by atoms with Crippen LogP contribution in [0.15, 0.2) is 48.7 Å². The van der Waals surface area contributed by atoms with Gasteiger partial charge in [0.25, 0.3) is 5.91 Å². The van der Waals surface area contributed by atoms with E-state index in [1.165, 1.54) is 12.3 Å². The molecule has 146 valence electrons. The molecule has 2 heterocycles. The number of pyridine rings is 1. The monoisotopic (exact) mass is 405 g/mol. The number of nitrogens with one attached hydrogen (secondary N) is 1.